The van der Waals surface area contributed by atoms with E-state index >= 15 is 0 Å². The van der Waals surface area contributed by atoms with Crippen molar-refractivity contribution in [1.82, 2.24) is 15.1 Å². The minimum Gasteiger partial charge on any atom is -0.507 e. The van der Waals surface area contributed by atoms with Crippen molar-refractivity contribution >= 4 is 17.7 Å². The molecule has 0 amide bonds. The Bertz CT molecular complexity index is 2140. The van der Waals surface area contributed by atoms with Crippen LogP contribution in [0.15, 0.2) is 43.5 Å². The van der Waals surface area contributed by atoms with Gasteiger partial charge in [0, 0.05) is 53.2 Å². The van der Waals surface area contributed by atoms with E-state index < -0.39 is 11.6 Å². The lowest BCUT2D eigenvalue weighted by atomic mass is 9.73. The van der Waals surface area contributed by atoms with Crippen LogP contribution in [0.3, 0.4) is 0 Å². The Morgan fingerprint density at radius 1 is 0.966 bits per heavy atom. The van der Waals surface area contributed by atoms with Crippen LogP contribution in [0.1, 0.15) is 75.7 Å². The summed E-state index contributed by atoms with van der Waals surface area (Å²) in [5, 5.41) is 15.7. The van der Waals surface area contributed by atoms with E-state index in [1.165, 1.54) is 5.56 Å². The number of phenols is 1. The van der Waals surface area contributed by atoms with Gasteiger partial charge >= 0.3 is 5.97 Å². The number of thioether (sulfide) groups is 1. The highest BCUT2D eigenvalue weighted by Crippen LogP contribution is 2.63. The number of likely N-dealkylation sites (N-methyl/N-ethyl adjacent to an activating group) is 1. The van der Waals surface area contributed by atoms with Gasteiger partial charge in [-0.2, -0.15) is 0 Å². The van der Waals surface area contributed by atoms with E-state index in [1.807, 2.05) is 32.9 Å². The highest BCUT2D eigenvalue weighted by atomic mass is 32.2. The number of fused-ring (bicyclic) bond motifs is 9. The first kappa shape index (κ1) is 40.2. The molecule has 310 valence electrons. The second-order valence-corrected chi connectivity index (χ2v) is 16.6. The normalized spacial score (nSPS) is 26.5. The smallest absolute Gasteiger partial charge is 0.331 e. The van der Waals surface area contributed by atoms with Crippen molar-refractivity contribution in [3.8, 4) is 40.2 Å². The minimum absolute atomic E-state index is 0.0432. The number of methoxy groups -OCH3 is 2. The number of carbonyl (C=O) groups is 1. The second-order valence-electron chi connectivity index (χ2n) is 15.4. The second kappa shape index (κ2) is 15.9. The van der Waals surface area contributed by atoms with E-state index in [0.29, 0.717) is 72.8 Å². The van der Waals surface area contributed by atoms with Gasteiger partial charge in [-0.3, -0.25) is 15.1 Å². The molecule has 2 fully saturated rings. The third kappa shape index (κ3) is 6.02. The summed E-state index contributed by atoms with van der Waals surface area (Å²) in [7, 11) is 5.48. The Hall–Kier alpha value is -4.56. The zero-order valence-electron chi connectivity index (χ0n) is 34.6. The average Bonchev–Trinajstić information content (AvgIpc) is 3.73. The summed E-state index contributed by atoms with van der Waals surface area (Å²) < 4.78 is 43.2. The van der Waals surface area contributed by atoms with Gasteiger partial charge in [-0.05, 0) is 68.1 Å². The van der Waals surface area contributed by atoms with Crippen LogP contribution < -0.4 is 33.7 Å². The molecule has 4 bridgehead atoms. The molecule has 5 unspecified atom stereocenters. The van der Waals surface area contributed by atoms with Crippen molar-refractivity contribution in [2.45, 2.75) is 75.5 Å². The fourth-order valence-corrected chi connectivity index (χ4v) is 11.9. The van der Waals surface area contributed by atoms with Crippen molar-refractivity contribution in [1.29, 1.82) is 0 Å². The largest absolute Gasteiger partial charge is 0.507 e. The van der Waals surface area contributed by atoms with Gasteiger partial charge in [0.05, 0.1) is 31.6 Å². The molecule has 7 aliphatic heterocycles. The molecule has 3 aromatic rings. The molecular weight excluding hydrogens is 759 g/mol. The maximum Gasteiger partial charge on any atom is 0.331 e. The first-order valence-corrected chi connectivity index (χ1v) is 21.3. The number of phenolic OH excluding ortho intramolecular Hbond substituents is 1. The van der Waals surface area contributed by atoms with Crippen LogP contribution in [0.5, 0.6) is 40.2 Å². The standard InChI is InChI=1S/C43H49N3O9S.C2H6/c1-8-12-51-30-16-24-10-11-44-43(27(24)17-29(30)49-6)20-56-41-33-32(40-38(54-21-55-40)23(4)36(33)47)28(19-53-42(43)48)46-18-26-15-25-14-22(3)37(50-7)39(52-13-9-2)31(25)34(35(41)46)45(26)5;1-2/h8-9,14,16-17,26,28,34-35,41,44,47H,1-2,10-13,15,18-21H2,3-7H3;1-2H3/t26?,28?,34?,35?,41?,43-;/m1./s1. The molecule has 0 aromatic heterocycles. The molecule has 2 N–H and O–H groups in total. The lowest BCUT2D eigenvalue weighted by Crippen LogP contribution is -2.65. The predicted octanol–water partition coefficient (Wildman–Crippen LogP) is 6.62. The predicted molar refractivity (Wildman–Crippen MR) is 223 cm³/mol. The van der Waals surface area contributed by atoms with Crippen LogP contribution in [0.4, 0.5) is 0 Å². The lowest BCUT2D eigenvalue weighted by molar-refractivity contribution is -0.156. The van der Waals surface area contributed by atoms with Gasteiger partial charge in [-0.1, -0.05) is 45.2 Å². The molecule has 13 heteroatoms. The van der Waals surface area contributed by atoms with Crippen LogP contribution in [-0.2, 0) is 27.9 Å². The number of aromatic hydroxyl groups is 1. The van der Waals surface area contributed by atoms with E-state index in [1.54, 1.807) is 38.1 Å². The monoisotopic (exact) mass is 813 g/mol. The van der Waals surface area contributed by atoms with Gasteiger partial charge in [0.2, 0.25) is 6.79 Å². The quantitative estimate of drug-likeness (QED) is 0.188. The minimum atomic E-state index is -1.21. The average molecular weight is 814 g/mol. The zero-order valence-corrected chi connectivity index (χ0v) is 35.4. The number of piperazine rings is 1. The van der Waals surface area contributed by atoms with Crippen LogP contribution in [0.25, 0.3) is 0 Å². The SMILES string of the molecule is C=CCOc1cc2c(cc1OC)[C@@]1(CSC3c4c(O)c(C)c5c(c4C(COC1=O)N1CC4Cc6cc(C)c(OC)c(OCC=C)c6C(C31)N4C)OCO5)NCC2.CC. The Balaban J connectivity index is 0.00000231. The third-order valence-corrected chi connectivity index (χ3v) is 14.1. The summed E-state index contributed by atoms with van der Waals surface area (Å²) in [6, 6.07) is 5.49. The zero-order chi connectivity index (χ0) is 41.0. The Labute approximate surface area is 345 Å². The number of rotatable bonds is 8. The Morgan fingerprint density at radius 3 is 2.47 bits per heavy atom. The molecule has 1 spiro atoms. The number of nitrogens with one attached hydrogen (secondary N) is 1. The van der Waals surface area contributed by atoms with Gasteiger partial charge in [-0.15, -0.1) is 11.8 Å². The first-order valence-electron chi connectivity index (χ1n) is 20.2. The number of esters is 1. The summed E-state index contributed by atoms with van der Waals surface area (Å²) in [5.74, 6) is 3.84. The molecule has 7 aliphatic rings. The van der Waals surface area contributed by atoms with Gasteiger partial charge in [-0.25, -0.2) is 4.79 Å². The van der Waals surface area contributed by atoms with Crippen molar-refractivity contribution in [3.63, 3.8) is 0 Å². The topological polar surface area (TPSA) is 120 Å². The highest BCUT2D eigenvalue weighted by Gasteiger charge is 2.59. The number of nitrogens with zero attached hydrogens (tertiary/aromatic N) is 2. The van der Waals surface area contributed by atoms with Gasteiger partial charge < -0.3 is 38.3 Å². The van der Waals surface area contributed by atoms with Gasteiger partial charge in [0.1, 0.15) is 25.6 Å². The Kier molecular flexibility index (Phi) is 11.0. The number of carbonyl (C=O) groups excluding carboxylic acids is 1. The lowest BCUT2D eigenvalue weighted by Gasteiger charge is -2.60. The summed E-state index contributed by atoms with van der Waals surface area (Å²) in [4.78, 5) is 19.8. The maximum atomic E-state index is 14.8. The molecule has 12 nitrogen and oxygen atoms in total. The van der Waals surface area contributed by atoms with Crippen LogP contribution in [0.2, 0.25) is 0 Å². The third-order valence-electron chi connectivity index (χ3n) is 12.6. The highest BCUT2D eigenvalue weighted by molar-refractivity contribution is 7.99. The summed E-state index contributed by atoms with van der Waals surface area (Å²) in [6.07, 6.45) is 4.94. The number of aryl methyl sites for hydroxylation is 1. The van der Waals surface area contributed by atoms with Gasteiger partial charge in [0.15, 0.2) is 40.0 Å². The first-order chi connectivity index (χ1) is 28.2. The number of hydrogen-bond acceptors (Lipinski definition) is 13. The number of ether oxygens (including phenoxy) is 7. The van der Waals surface area contributed by atoms with Crippen molar-refractivity contribution in [2.24, 2.45) is 0 Å². The molecule has 7 heterocycles. The van der Waals surface area contributed by atoms with Crippen molar-refractivity contribution < 1.29 is 43.1 Å². The van der Waals surface area contributed by atoms with E-state index in [0.717, 1.165) is 45.6 Å². The van der Waals surface area contributed by atoms with Crippen LogP contribution in [-0.4, -0.2) is 99.7 Å². The van der Waals surface area contributed by atoms with Gasteiger partial charge in [0.25, 0.3) is 0 Å². The summed E-state index contributed by atoms with van der Waals surface area (Å²) in [5.41, 5.74) is 6.15. The molecule has 3 aromatic carbocycles. The molecular formula is C45H55N3O9S. The van der Waals surface area contributed by atoms with Crippen molar-refractivity contribution in [3.05, 3.63) is 88.0 Å². The number of hydrogen-bond donors (Lipinski definition) is 2. The maximum absolute atomic E-state index is 14.8. The molecule has 2 saturated heterocycles. The van der Waals surface area contributed by atoms with E-state index in [9.17, 15) is 9.90 Å². The molecule has 6 atom stereocenters. The molecule has 58 heavy (non-hydrogen) atoms. The van der Waals surface area contributed by atoms with Crippen molar-refractivity contribution in [2.75, 3.05) is 66.7 Å². The summed E-state index contributed by atoms with van der Waals surface area (Å²) >= 11 is 1.66. The fraction of sp³-hybridized carbons (Fsp3) is 0.489. The van der Waals surface area contributed by atoms with E-state index in [-0.39, 0.29) is 48.5 Å². The fourth-order valence-electron chi connectivity index (χ4n) is 10.2. The Morgan fingerprint density at radius 2 is 1.72 bits per heavy atom. The molecule has 0 radical (unpaired) electrons. The molecule has 0 saturated carbocycles. The van der Waals surface area contributed by atoms with E-state index in [2.05, 4.69) is 48.3 Å². The summed E-state index contributed by atoms with van der Waals surface area (Å²) in [6.45, 7) is 17.7. The van der Waals surface area contributed by atoms with E-state index in [4.69, 9.17) is 33.2 Å². The number of benzene rings is 3. The van der Waals surface area contributed by atoms with Crippen LogP contribution in [0, 0.1) is 13.8 Å². The van der Waals surface area contributed by atoms with Crippen LogP contribution >= 0.6 is 11.8 Å². The molecule has 0 aliphatic carbocycles. The molecule has 10 rings (SSSR count).